The number of hydrogen-bond acceptors (Lipinski definition) is 6. The Morgan fingerprint density at radius 1 is 1.26 bits per heavy atom. The Hall–Kier alpha value is -1.43. The van der Waals surface area contributed by atoms with E-state index in [0.717, 1.165) is 6.07 Å². The van der Waals surface area contributed by atoms with Crippen LogP contribution in [0.5, 0.6) is 5.75 Å². The third-order valence-corrected chi connectivity index (χ3v) is 4.80. The van der Waals surface area contributed by atoms with Gasteiger partial charge in [-0.05, 0) is 12.1 Å². The normalized spacial score (nSPS) is 18.1. The molecule has 2 rings (SSSR count). The molecule has 0 amide bonds. The number of cyclic esters (lactones) is 1. The molecule has 8 heteroatoms. The molecule has 0 radical (unpaired) electrons. The zero-order valence-electron chi connectivity index (χ0n) is 10.5. The van der Waals surface area contributed by atoms with Gasteiger partial charge >= 0.3 is 13.6 Å². The van der Waals surface area contributed by atoms with Crippen molar-refractivity contribution in [3.05, 3.63) is 29.1 Å². The largest absolute Gasteiger partial charge is 0.494 e. The Morgan fingerprint density at radius 2 is 1.89 bits per heavy atom. The maximum Gasteiger partial charge on any atom is 0.375 e. The van der Waals surface area contributed by atoms with E-state index in [1.165, 1.54) is 27.4 Å². The van der Waals surface area contributed by atoms with Gasteiger partial charge in [0.2, 0.25) is 5.85 Å². The van der Waals surface area contributed by atoms with Gasteiger partial charge in [-0.25, -0.2) is 9.18 Å². The maximum atomic E-state index is 13.5. The molecule has 0 bridgehead atoms. The second-order valence-corrected chi connectivity index (χ2v) is 6.02. The van der Waals surface area contributed by atoms with Crippen molar-refractivity contribution >= 4 is 13.6 Å². The number of fused-ring (bicyclic) bond motifs is 1. The molecule has 0 aliphatic carbocycles. The molecule has 0 aromatic heterocycles. The first-order valence-electron chi connectivity index (χ1n) is 5.26. The Bertz CT molecular complexity index is 565. The molecule has 1 atom stereocenters. The number of carbonyl (C=O) groups excluding carboxylic acids is 1. The summed E-state index contributed by atoms with van der Waals surface area (Å²) in [7, 11) is -0.0287. The fraction of sp³-hybridized carbons (Fsp3) is 0.364. The van der Waals surface area contributed by atoms with Gasteiger partial charge in [0.05, 0.1) is 12.7 Å². The maximum absolute atomic E-state index is 13.5. The van der Waals surface area contributed by atoms with Gasteiger partial charge in [-0.1, -0.05) is 0 Å². The van der Waals surface area contributed by atoms with Crippen molar-refractivity contribution in [1.82, 2.24) is 0 Å². The minimum absolute atomic E-state index is 0.0161. The van der Waals surface area contributed by atoms with Crippen LogP contribution >= 0.6 is 7.60 Å². The highest BCUT2D eigenvalue weighted by Crippen LogP contribution is 2.63. The summed E-state index contributed by atoms with van der Waals surface area (Å²) in [5.41, 5.74) is 0.202. The van der Waals surface area contributed by atoms with Gasteiger partial charge in [0, 0.05) is 19.8 Å². The number of benzene rings is 1. The van der Waals surface area contributed by atoms with E-state index in [2.05, 4.69) is 0 Å². The summed E-state index contributed by atoms with van der Waals surface area (Å²) >= 11 is 0. The highest BCUT2D eigenvalue weighted by molar-refractivity contribution is 7.54. The molecular formula is C11H12FO6P. The molecule has 0 saturated heterocycles. The predicted octanol–water partition coefficient (Wildman–Crippen LogP) is 2.49. The first kappa shape index (κ1) is 14.0. The van der Waals surface area contributed by atoms with E-state index < -0.39 is 25.2 Å². The van der Waals surface area contributed by atoms with Crippen molar-refractivity contribution < 1.29 is 32.3 Å². The second kappa shape index (κ2) is 4.92. The molecule has 1 unspecified atom stereocenters. The molecule has 1 aromatic carbocycles. The fourth-order valence-corrected chi connectivity index (χ4v) is 3.15. The second-order valence-electron chi connectivity index (χ2n) is 3.74. The monoisotopic (exact) mass is 290 g/mol. The molecule has 6 nitrogen and oxygen atoms in total. The van der Waals surface area contributed by atoms with Gasteiger partial charge < -0.3 is 18.5 Å². The van der Waals surface area contributed by atoms with Crippen molar-refractivity contribution in [2.45, 2.75) is 5.85 Å². The molecule has 1 heterocycles. The molecule has 19 heavy (non-hydrogen) atoms. The molecular weight excluding hydrogens is 278 g/mol. The van der Waals surface area contributed by atoms with E-state index in [-0.39, 0.29) is 16.9 Å². The van der Waals surface area contributed by atoms with Crippen LogP contribution in [0.15, 0.2) is 12.1 Å². The lowest BCUT2D eigenvalue weighted by molar-refractivity contribution is 0.0456. The van der Waals surface area contributed by atoms with Crippen molar-refractivity contribution in [3.8, 4) is 5.75 Å². The summed E-state index contributed by atoms with van der Waals surface area (Å²) < 4.78 is 45.2. The van der Waals surface area contributed by atoms with Crippen molar-refractivity contribution in [2.75, 3.05) is 21.3 Å². The van der Waals surface area contributed by atoms with E-state index in [0.29, 0.717) is 0 Å². The number of rotatable bonds is 4. The van der Waals surface area contributed by atoms with Crippen LogP contribution in [0.2, 0.25) is 0 Å². The number of halogens is 1. The number of hydrogen-bond donors (Lipinski definition) is 0. The quantitative estimate of drug-likeness (QED) is 0.626. The van der Waals surface area contributed by atoms with Gasteiger partial charge in [-0.2, -0.15) is 0 Å². The number of methoxy groups -OCH3 is 1. The van der Waals surface area contributed by atoms with Crippen molar-refractivity contribution in [3.63, 3.8) is 0 Å². The Morgan fingerprint density at radius 3 is 2.42 bits per heavy atom. The molecule has 0 N–H and O–H groups in total. The number of ether oxygens (including phenoxy) is 2. The molecule has 104 valence electrons. The summed E-state index contributed by atoms with van der Waals surface area (Å²) in [5.74, 6) is -2.79. The zero-order chi connectivity index (χ0) is 14.2. The molecule has 1 aliphatic rings. The van der Waals surface area contributed by atoms with E-state index in [1.807, 2.05) is 0 Å². The molecule has 1 aromatic rings. The van der Waals surface area contributed by atoms with Crippen molar-refractivity contribution in [2.24, 2.45) is 0 Å². The Kier molecular flexibility index (Phi) is 3.62. The Labute approximate surface area is 108 Å². The van der Waals surface area contributed by atoms with E-state index in [9.17, 15) is 13.8 Å². The lowest BCUT2D eigenvalue weighted by Crippen LogP contribution is -2.03. The molecule has 0 saturated carbocycles. The molecule has 1 aliphatic heterocycles. The van der Waals surface area contributed by atoms with Crippen LogP contribution in [0.3, 0.4) is 0 Å². The lowest BCUT2D eigenvalue weighted by atomic mass is 10.1. The highest BCUT2D eigenvalue weighted by Gasteiger charge is 2.46. The van der Waals surface area contributed by atoms with E-state index >= 15 is 0 Å². The van der Waals surface area contributed by atoms with Crippen molar-refractivity contribution in [1.29, 1.82) is 0 Å². The summed E-state index contributed by atoms with van der Waals surface area (Å²) in [6, 6.07) is 2.23. The first-order chi connectivity index (χ1) is 8.96. The number of esters is 1. The van der Waals surface area contributed by atoms with Gasteiger partial charge in [0.25, 0.3) is 0 Å². The van der Waals surface area contributed by atoms with Crippen LogP contribution in [-0.4, -0.2) is 27.3 Å². The highest BCUT2D eigenvalue weighted by atomic mass is 31.2. The van der Waals surface area contributed by atoms with Crippen LogP contribution in [-0.2, 0) is 18.3 Å². The number of carbonyl (C=O) groups is 1. The summed E-state index contributed by atoms with van der Waals surface area (Å²) in [4.78, 5) is 11.6. The zero-order valence-corrected chi connectivity index (χ0v) is 11.4. The lowest BCUT2D eigenvalue weighted by Gasteiger charge is -2.19. The summed E-state index contributed by atoms with van der Waals surface area (Å²) in [5, 5.41) is 0. The van der Waals surface area contributed by atoms with Crippen LogP contribution in [0.4, 0.5) is 4.39 Å². The summed E-state index contributed by atoms with van der Waals surface area (Å²) in [6.07, 6.45) is 0. The predicted molar refractivity (Wildman–Crippen MR) is 62.7 cm³/mol. The third kappa shape index (κ3) is 2.14. The van der Waals surface area contributed by atoms with Crippen LogP contribution in [0, 0.1) is 5.82 Å². The average Bonchev–Trinajstić information content (AvgIpc) is 2.74. The SMILES string of the molecule is COc1cc2c(cc1F)C(=O)OC2P(=O)(OC)OC. The minimum atomic E-state index is -3.66. The summed E-state index contributed by atoms with van der Waals surface area (Å²) in [6.45, 7) is 0. The minimum Gasteiger partial charge on any atom is -0.494 e. The van der Waals surface area contributed by atoms with Gasteiger partial charge in [0.1, 0.15) is 0 Å². The fourth-order valence-electron chi connectivity index (χ4n) is 1.84. The average molecular weight is 290 g/mol. The van der Waals surface area contributed by atoms with Gasteiger partial charge in [-0.3, -0.25) is 4.57 Å². The van der Waals surface area contributed by atoms with E-state index in [4.69, 9.17) is 18.5 Å². The van der Waals surface area contributed by atoms with Crippen LogP contribution < -0.4 is 4.74 Å². The standard InChI is InChI=1S/C11H12FO6P/c1-15-9-5-7-6(4-8(9)12)10(13)18-11(7)19(14,16-2)17-3/h4-5,11H,1-3H3. The first-order valence-corrected chi connectivity index (χ1v) is 6.87. The Balaban J connectivity index is 2.57. The third-order valence-electron chi connectivity index (χ3n) is 2.82. The molecule has 0 fully saturated rings. The topological polar surface area (TPSA) is 71.1 Å². The smallest absolute Gasteiger partial charge is 0.375 e. The van der Waals surface area contributed by atoms with Crippen LogP contribution in [0.1, 0.15) is 21.8 Å². The van der Waals surface area contributed by atoms with Gasteiger partial charge in [-0.15, -0.1) is 0 Å². The molecule has 0 spiro atoms. The van der Waals surface area contributed by atoms with Crippen LogP contribution in [0.25, 0.3) is 0 Å². The van der Waals surface area contributed by atoms with Gasteiger partial charge in [0.15, 0.2) is 11.6 Å². The van der Waals surface area contributed by atoms with E-state index in [1.54, 1.807) is 0 Å².